The van der Waals surface area contributed by atoms with Gasteiger partial charge in [0.15, 0.2) is 0 Å². The van der Waals surface area contributed by atoms with Crippen LogP contribution >= 0.6 is 0 Å². The van der Waals surface area contributed by atoms with E-state index in [0.29, 0.717) is 12.1 Å². The molecule has 0 aliphatic rings. The first kappa shape index (κ1) is 25.5. The molecule has 0 atom stereocenters. The molecule has 1 aromatic carbocycles. The van der Waals surface area contributed by atoms with Gasteiger partial charge in [0.1, 0.15) is 5.75 Å². The van der Waals surface area contributed by atoms with Crippen molar-refractivity contribution in [3.05, 3.63) is 24.3 Å². The maximum absolute atomic E-state index is 12.3. The fourth-order valence-electron chi connectivity index (χ4n) is 2.21. The fourth-order valence-corrected chi connectivity index (χ4v) is 2.21. The second-order valence-corrected chi connectivity index (χ2v) is 4.63. The SMILES string of the molecule is CC.CC.CCC(=O)N(c1cccc(OC(F)(F)F)c1)C(CC)CC. The van der Waals surface area contributed by atoms with E-state index in [-0.39, 0.29) is 17.7 Å². The zero-order valence-corrected chi connectivity index (χ0v) is 16.4. The van der Waals surface area contributed by atoms with Crippen molar-refractivity contribution in [3.63, 3.8) is 0 Å². The molecule has 146 valence electrons. The highest BCUT2D eigenvalue weighted by atomic mass is 19.4. The van der Waals surface area contributed by atoms with E-state index >= 15 is 0 Å². The van der Waals surface area contributed by atoms with Gasteiger partial charge in [-0.05, 0) is 25.0 Å². The van der Waals surface area contributed by atoms with E-state index in [9.17, 15) is 18.0 Å². The minimum Gasteiger partial charge on any atom is -0.406 e. The van der Waals surface area contributed by atoms with Crippen LogP contribution in [0.2, 0.25) is 0 Å². The highest BCUT2D eigenvalue weighted by Crippen LogP contribution is 2.29. The van der Waals surface area contributed by atoms with Crippen LogP contribution in [0.1, 0.15) is 67.7 Å². The van der Waals surface area contributed by atoms with Crippen LogP contribution in [-0.4, -0.2) is 18.3 Å². The Morgan fingerprint density at radius 3 is 2.00 bits per heavy atom. The highest BCUT2D eigenvalue weighted by molar-refractivity contribution is 5.93. The number of benzene rings is 1. The van der Waals surface area contributed by atoms with Crippen LogP contribution in [0.4, 0.5) is 18.9 Å². The second kappa shape index (κ2) is 13.6. The van der Waals surface area contributed by atoms with Gasteiger partial charge in [0.25, 0.3) is 0 Å². The topological polar surface area (TPSA) is 29.5 Å². The van der Waals surface area contributed by atoms with Crippen LogP contribution < -0.4 is 9.64 Å². The monoisotopic (exact) mass is 363 g/mol. The standard InChI is InChI=1S/C15H20F3NO2.2C2H6/c1-4-11(5-2)19(14(20)6-3)12-8-7-9-13(10-12)21-15(16,17)18;2*1-2/h7-11H,4-6H2,1-3H3;2*1-2H3. The molecule has 0 bridgehead atoms. The molecular formula is C19H32F3NO2. The Morgan fingerprint density at radius 1 is 1.08 bits per heavy atom. The third-order valence-corrected chi connectivity index (χ3v) is 3.21. The lowest BCUT2D eigenvalue weighted by Crippen LogP contribution is -2.39. The molecule has 0 spiro atoms. The Labute approximate surface area is 150 Å². The Morgan fingerprint density at radius 2 is 1.60 bits per heavy atom. The van der Waals surface area contributed by atoms with Gasteiger partial charge in [-0.15, -0.1) is 13.2 Å². The smallest absolute Gasteiger partial charge is 0.406 e. The number of anilines is 1. The molecule has 0 aliphatic heterocycles. The van der Waals surface area contributed by atoms with Crippen molar-refractivity contribution in [2.45, 2.75) is 80.1 Å². The number of amides is 1. The number of carbonyl (C=O) groups excluding carboxylic acids is 1. The lowest BCUT2D eigenvalue weighted by atomic mass is 10.1. The maximum Gasteiger partial charge on any atom is 0.573 e. The summed E-state index contributed by atoms with van der Waals surface area (Å²) in [4.78, 5) is 13.7. The average molecular weight is 363 g/mol. The van der Waals surface area contributed by atoms with Gasteiger partial charge in [0.2, 0.25) is 5.91 Å². The molecule has 0 unspecified atom stereocenters. The lowest BCUT2D eigenvalue weighted by molar-refractivity contribution is -0.274. The largest absolute Gasteiger partial charge is 0.573 e. The molecule has 0 radical (unpaired) electrons. The first-order valence-corrected chi connectivity index (χ1v) is 9.00. The van der Waals surface area contributed by atoms with Gasteiger partial charge in [-0.1, -0.05) is 54.5 Å². The molecule has 0 fully saturated rings. The normalized spacial score (nSPS) is 10.2. The molecule has 0 aliphatic carbocycles. The van der Waals surface area contributed by atoms with Gasteiger partial charge < -0.3 is 9.64 Å². The zero-order valence-electron chi connectivity index (χ0n) is 16.4. The van der Waals surface area contributed by atoms with E-state index in [1.807, 2.05) is 41.5 Å². The van der Waals surface area contributed by atoms with Gasteiger partial charge in [0.05, 0.1) is 0 Å². The van der Waals surface area contributed by atoms with Crippen molar-refractivity contribution in [1.29, 1.82) is 0 Å². The molecule has 0 saturated heterocycles. The number of carbonyl (C=O) groups is 1. The van der Waals surface area contributed by atoms with Crippen LogP contribution in [0.5, 0.6) is 5.75 Å². The van der Waals surface area contributed by atoms with Crippen molar-refractivity contribution in [3.8, 4) is 5.75 Å². The summed E-state index contributed by atoms with van der Waals surface area (Å²) in [5.74, 6) is -0.437. The number of hydrogen-bond donors (Lipinski definition) is 0. The average Bonchev–Trinajstić information content (AvgIpc) is 2.61. The summed E-state index contributed by atoms with van der Waals surface area (Å²) in [5, 5.41) is 0. The molecule has 0 N–H and O–H groups in total. The zero-order chi connectivity index (χ0) is 20.0. The van der Waals surface area contributed by atoms with Gasteiger partial charge >= 0.3 is 6.36 Å². The summed E-state index contributed by atoms with van der Waals surface area (Å²) in [6.07, 6.45) is -2.99. The fraction of sp³-hybridized carbons (Fsp3) is 0.632. The molecule has 0 heterocycles. The molecule has 1 aromatic rings. The van der Waals surface area contributed by atoms with Crippen LogP contribution in [-0.2, 0) is 4.79 Å². The Hall–Kier alpha value is -1.72. The first-order valence-electron chi connectivity index (χ1n) is 9.00. The van der Waals surface area contributed by atoms with Gasteiger partial charge in [-0.2, -0.15) is 0 Å². The number of nitrogens with zero attached hydrogens (tertiary/aromatic N) is 1. The van der Waals surface area contributed by atoms with Crippen molar-refractivity contribution in [2.24, 2.45) is 0 Å². The van der Waals surface area contributed by atoms with Gasteiger partial charge in [-0.25, -0.2) is 0 Å². The molecule has 1 amide bonds. The third kappa shape index (κ3) is 9.37. The van der Waals surface area contributed by atoms with E-state index in [2.05, 4.69) is 4.74 Å². The predicted molar refractivity (Wildman–Crippen MR) is 98.0 cm³/mol. The van der Waals surface area contributed by atoms with Gasteiger partial charge in [0, 0.05) is 24.2 Å². The van der Waals surface area contributed by atoms with Crippen LogP contribution in [0, 0.1) is 0 Å². The van der Waals surface area contributed by atoms with E-state index in [1.54, 1.807) is 17.9 Å². The summed E-state index contributed by atoms with van der Waals surface area (Å²) >= 11 is 0. The van der Waals surface area contributed by atoms with Crippen molar-refractivity contribution >= 4 is 11.6 Å². The highest BCUT2D eigenvalue weighted by Gasteiger charge is 2.31. The van der Waals surface area contributed by atoms with Crippen LogP contribution in [0.25, 0.3) is 0 Å². The molecule has 0 aromatic heterocycles. The maximum atomic E-state index is 12.3. The number of alkyl halides is 3. The Balaban J connectivity index is 0. The van der Waals surface area contributed by atoms with Crippen molar-refractivity contribution in [1.82, 2.24) is 0 Å². The third-order valence-electron chi connectivity index (χ3n) is 3.21. The summed E-state index contributed by atoms with van der Waals surface area (Å²) in [6, 6.07) is 5.50. The molecular weight excluding hydrogens is 331 g/mol. The minimum atomic E-state index is -4.74. The second-order valence-electron chi connectivity index (χ2n) is 4.63. The molecule has 0 saturated carbocycles. The molecule has 6 heteroatoms. The van der Waals surface area contributed by atoms with E-state index in [1.165, 1.54) is 18.2 Å². The summed E-state index contributed by atoms with van der Waals surface area (Å²) in [7, 11) is 0. The quantitative estimate of drug-likeness (QED) is 0.572. The summed E-state index contributed by atoms with van der Waals surface area (Å²) in [6.45, 7) is 13.6. The van der Waals surface area contributed by atoms with E-state index < -0.39 is 6.36 Å². The Bertz CT molecular complexity index is 472. The first-order chi connectivity index (χ1) is 11.8. The predicted octanol–water partition coefficient (Wildman–Crippen LogP) is 6.57. The van der Waals surface area contributed by atoms with Crippen LogP contribution in [0.3, 0.4) is 0 Å². The molecule has 1 rings (SSSR count). The minimum absolute atomic E-state index is 0.0430. The lowest BCUT2D eigenvalue weighted by Gasteiger charge is -2.30. The van der Waals surface area contributed by atoms with Crippen molar-refractivity contribution < 1.29 is 22.7 Å². The van der Waals surface area contributed by atoms with Crippen LogP contribution in [0.15, 0.2) is 24.3 Å². The molecule has 25 heavy (non-hydrogen) atoms. The number of halogens is 3. The van der Waals surface area contributed by atoms with Gasteiger partial charge in [-0.3, -0.25) is 4.79 Å². The molecule has 3 nitrogen and oxygen atoms in total. The summed E-state index contributed by atoms with van der Waals surface area (Å²) < 4.78 is 40.8. The number of hydrogen-bond acceptors (Lipinski definition) is 2. The summed E-state index contributed by atoms with van der Waals surface area (Å²) in [5.41, 5.74) is 0.428. The number of ether oxygens (including phenoxy) is 1. The van der Waals surface area contributed by atoms with Crippen molar-refractivity contribution in [2.75, 3.05) is 4.90 Å². The van der Waals surface area contributed by atoms with E-state index in [0.717, 1.165) is 12.8 Å². The Kier molecular flexibility index (Phi) is 13.8. The number of rotatable bonds is 6. The van der Waals surface area contributed by atoms with E-state index in [4.69, 9.17) is 0 Å².